The molecule has 0 radical (unpaired) electrons. The van der Waals surface area contributed by atoms with Crippen molar-refractivity contribution in [3.8, 4) is 0 Å². The van der Waals surface area contributed by atoms with Crippen LogP contribution in [0.1, 0.15) is 37.3 Å². The second-order valence-corrected chi connectivity index (χ2v) is 7.73. The summed E-state index contributed by atoms with van der Waals surface area (Å²) in [6, 6.07) is 7.75. The maximum Gasteiger partial charge on any atom is 0.319 e. The highest BCUT2D eigenvalue weighted by atomic mass is 127. The number of benzene rings is 1. The van der Waals surface area contributed by atoms with Gasteiger partial charge in [0.25, 0.3) is 0 Å². The molecule has 1 aliphatic heterocycles. The fourth-order valence-electron chi connectivity index (χ4n) is 3.52. The summed E-state index contributed by atoms with van der Waals surface area (Å²) in [6.07, 6.45) is 5.16. The van der Waals surface area contributed by atoms with Gasteiger partial charge >= 0.3 is 6.03 Å². The van der Waals surface area contributed by atoms with Gasteiger partial charge in [-0.25, -0.2) is 4.79 Å². The average molecular weight is 525 g/mol. The zero-order chi connectivity index (χ0) is 20.8. The van der Waals surface area contributed by atoms with Gasteiger partial charge in [-0.1, -0.05) is 12.1 Å². The summed E-state index contributed by atoms with van der Waals surface area (Å²) in [5.74, 6) is 1.40. The third-order valence-corrected chi connectivity index (χ3v) is 4.98. The number of likely N-dealkylation sites (tertiary alicyclic amines) is 1. The Morgan fingerprint density at radius 2 is 2.03 bits per heavy atom. The molecule has 2 aromatic rings. The molecule has 0 spiro atoms. The van der Waals surface area contributed by atoms with E-state index in [9.17, 15) is 4.79 Å². The van der Waals surface area contributed by atoms with Crippen LogP contribution in [0, 0.1) is 0 Å². The molecule has 1 unspecified atom stereocenters. The van der Waals surface area contributed by atoms with Crippen molar-refractivity contribution in [3.63, 3.8) is 0 Å². The van der Waals surface area contributed by atoms with Crippen molar-refractivity contribution >= 4 is 41.7 Å². The lowest BCUT2D eigenvalue weighted by molar-refractivity contribution is 0.250. The quantitative estimate of drug-likeness (QED) is 0.318. The Labute approximate surface area is 195 Å². The van der Waals surface area contributed by atoms with E-state index in [0.717, 1.165) is 36.7 Å². The molecule has 0 bridgehead atoms. The van der Waals surface area contributed by atoms with Crippen LogP contribution in [0.2, 0.25) is 0 Å². The first-order valence-electron chi connectivity index (χ1n) is 10.0. The normalized spacial score (nSPS) is 16.4. The van der Waals surface area contributed by atoms with Gasteiger partial charge in [-0.2, -0.15) is 5.10 Å². The summed E-state index contributed by atoms with van der Waals surface area (Å²) < 4.78 is 1.86. The number of aromatic nitrogens is 2. The van der Waals surface area contributed by atoms with Crippen LogP contribution in [-0.2, 0) is 13.6 Å². The number of nitrogens with one attached hydrogen (secondary N) is 3. The molecule has 1 aliphatic rings. The van der Waals surface area contributed by atoms with Crippen molar-refractivity contribution in [1.29, 1.82) is 0 Å². The van der Waals surface area contributed by atoms with E-state index < -0.39 is 0 Å². The number of carbonyl (C=O) groups is 1. The van der Waals surface area contributed by atoms with Crippen LogP contribution in [0.25, 0.3) is 0 Å². The molecular weight excluding hydrogens is 493 g/mol. The second-order valence-electron chi connectivity index (χ2n) is 7.73. The highest BCUT2D eigenvalue weighted by Crippen LogP contribution is 2.26. The number of carbonyl (C=O) groups excluding carboxylic acids is 1. The van der Waals surface area contributed by atoms with Crippen molar-refractivity contribution in [3.05, 3.63) is 47.8 Å². The van der Waals surface area contributed by atoms with Gasteiger partial charge in [-0.05, 0) is 43.5 Å². The van der Waals surface area contributed by atoms with Gasteiger partial charge < -0.3 is 20.9 Å². The minimum atomic E-state index is -0.191. The Kier molecular flexibility index (Phi) is 8.94. The Balaban J connectivity index is 0.00000320. The molecule has 1 atom stereocenters. The summed E-state index contributed by atoms with van der Waals surface area (Å²) in [5.41, 5.74) is 3.19. The summed E-state index contributed by atoms with van der Waals surface area (Å²) >= 11 is 0. The van der Waals surface area contributed by atoms with Crippen LogP contribution in [0.15, 0.2) is 41.7 Å². The number of urea groups is 1. The lowest BCUT2D eigenvalue weighted by Gasteiger charge is -2.21. The highest BCUT2D eigenvalue weighted by Gasteiger charge is 2.26. The lowest BCUT2D eigenvalue weighted by atomic mass is 10.0. The molecule has 1 fully saturated rings. The number of anilines is 1. The van der Waals surface area contributed by atoms with Crippen molar-refractivity contribution in [2.45, 2.75) is 38.8 Å². The zero-order valence-electron chi connectivity index (χ0n) is 18.1. The largest absolute Gasteiger partial charge is 0.352 e. The first kappa shape index (κ1) is 24.0. The third-order valence-electron chi connectivity index (χ3n) is 4.98. The van der Waals surface area contributed by atoms with Gasteiger partial charge in [-0.3, -0.25) is 9.67 Å². The molecule has 0 aliphatic carbocycles. The van der Waals surface area contributed by atoms with Crippen molar-refractivity contribution in [2.75, 3.05) is 25.5 Å². The number of hydrogen-bond donors (Lipinski definition) is 3. The van der Waals surface area contributed by atoms with Crippen molar-refractivity contribution in [2.24, 2.45) is 12.0 Å². The summed E-state index contributed by atoms with van der Waals surface area (Å²) in [5, 5.41) is 13.4. The Morgan fingerprint density at radius 3 is 2.63 bits per heavy atom. The summed E-state index contributed by atoms with van der Waals surface area (Å²) in [7, 11) is 3.77. The maximum atomic E-state index is 11.8. The number of nitrogens with zero attached hydrogens (tertiary/aromatic N) is 4. The molecule has 3 N–H and O–H groups in total. The number of rotatable bonds is 5. The molecule has 30 heavy (non-hydrogen) atoms. The predicted molar refractivity (Wildman–Crippen MR) is 131 cm³/mol. The monoisotopic (exact) mass is 525 g/mol. The molecule has 164 valence electrons. The van der Waals surface area contributed by atoms with Crippen LogP contribution in [-0.4, -0.2) is 52.9 Å². The standard InChI is InChI=1S/C21H31N7O.HI/c1-15(2)25-21(29)26-19-7-5-16(6-8-19)11-23-20(22-3)28-10-9-17(14-28)18-12-24-27(4)13-18;/h5-8,12-13,15,17H,9-11,14H2,1-4H3,(H,22,23)(H2,25,26,29);1H. The highest BCUT2D eigenvalue weighted by molar-refractivity contribution is 14.0. The molecule has 1 saturated heterocycles. The van der Waals surface area contributed by atoms with E-state index in [1.807, 2.05) is 63.1 Å². The van der Waals surface area contributed by atoms with Crippen LogP contribution in [0.3, 0.4) is 0 Å². The molecule has 1 aromatic heterocycles. The Bertz CT molecular complexity index is 847. The lowest BCUT2D eigenvalue weighted by Crippen LogP contribution is -2.39. The van der Waals surface area contributed by atoms with E-state index in [1.54, 1.807) is 0 Å². The molecule has 2 amide bonds. The molecule has 8 nitrogen and oxygen atoms in total. The number of halogens is 1. The van der Waals surface area contributed by atoms with E-state index in [-0.39, 0.29) is 36.0 Å². The maximum absolute atomic E-state index is 11.8. The van der Waals surface area contributed by atoms with Crippen LogP contribution in [0.4, 0.5) is 10.5 Å². The molecule has 1 aromatic carbocycles. The number of aryl methyl sites for hydroxylation is 1. The third kappa shape index (κ3) is 6.61. The first-order valence-corrected chi connectivity index (χ1v) is 10.0. The SMILES string of the molecule is CN=C(NCc1ccc(NC(=O)NC(C)C)cc1)N1CCC(c2cnn(C)c2)C1.I. The molecule has 0 saturated carbocycles. The van der Waals surface area contributed by atoms with E-state index in [4.69, 9.17) is 0 Å². The second kappa shape index (κ2) is 11.2. The van der Waals surface area contributed by atoms with Crippen molar-refractivity contribution in [1.82, 2.24) is 25.3 Å². The van der Waals surface area contributed by atoms with E-state index in [0.29, 0.717) is 12.5 Å². The van der Waals surface area contributed by atoms with Crippen LogP contribution < -0.4 is 16.0 Å². The topological polar surface area (TPSA) is 86.6 Å². The van der Waals surface area contributed by atoms with Gasteiger partial charge in [-0.15, -0.1) is 24.0 Å². The van der Waals surface area contributed by atoms with E-state index in [1.165, 1.54) is 5.56 Å². The van der Waals surface area contributed by atoms with Gasteiger partial charge in [0.15, 0.2) is 5.96 Å². The van der Waals surface area contributed by atoms with E-state index in [2.05, 4.69) is 37.1 Å². The molecular formula is C21H32IN7O. The van der Waals surface area contributed by atoms with Crippen molar-refractivity contribution < 1.29 is 4.79 Å². The number of aliphatic imine (C=N–C) groups is 1. The summed E-state index contributed by atoms with van der Waals surface area (Å²) in [6.45, 7) is 6.46. The minimum Gasteiger partial charge on any atom is -0.352 e. The number of guanidine groups is 1. The van der Waals surface area contributed by atoms with Crippen LogP contribution >= 0.6 is 24.0 Å². The molecule has 2 heterocycles. The average Bonchev–Trinajstić information content (AvgIpc) is 3.32. The Morgan fingerprint density at radius 1 is 1.30 bits per heavy atom. The van der Waals surface area contributed by atoms with Gasteiger partial charge in [0.2, 0.25) is 0 Å². The number of hydrogen-bond acceptors (Lipinski definition) is 3. The van der Waals surface area contributed by atoms with Crippen LogP contribution in [0.5, 0.6) is 0 Å². The fourth-order valence-corrected chi connectivity index (χ4v) is 3.52. The molecule has 3 rings (SSSR count). The van der Waals surface area contributed by atoms with Gasteiger partial charge in [0.05, 0.1) is 6.20 Å². The Hall–Kier alpha value is -2.30. The van der Waals surface area contributed by atoms with E-state index >= 15 is 0 Å². The van der Waals surface area contributed by atoms with Gasteiger partial charge in [0, 0.05) is 57.6 Å². The first-order chi connectivity index (χ1) is 13.9. The zero-order valence-corrected chi connectivity index (χ0v) is 20.4. The van der Waals surface area contributed by atoms with Gasteiger partial charge in [0.1, 0.15) is 0 Å². The predicted octanol–water partition coefficient (Wildman–Crippen LogP) is 3.13. The smallest absolute Gasteiger partial charge is 0.319 e. The molecule has 9 heteroatoms. The fraction of sp³-hybridized carbons (Fsp3) is 0.476. The summed E-state index contributed by atoms with van der Waals surface area (Å²) in [4.78, 5) is 18.5. The minimum absolute atomic E-state index is 0. The number of amides is 2.